The van der Waals surface area contributed by atoms with Crippen LogP contribution in [0.25, 0.3) is 28.9 Å². The van der Waals surface area contributed by atoms with Gasteiger partial charge in [-0.05, 0) is 35.9 Å². The lowest BCUT2D eigenvalue weighted by Gasteiger charge is -2.07. The summed E-state index contributed by atoms with van der Waals surface area (Å²) in [7, 11) is 0. The van der Waals surface area contributed by atoms with E-state index in [0.29, 0.717) is 16.4 Å². The van der Waals surface area contributed by atoms with Crippen LogP contribution in [0.3, 0.4) is 0 Å². The number of hydrogen-bond donors (Lipinski definition) is 0. The second-order valence-electron chi connectivity index (χ2n) is 5.96. The van der Waals surface area contributed by atoms with E-state index in [-0.39, 0.29) is 5.69 Å². The number of benzene rings is 3. The smallest absolute Gasteiger partial charge is 0.271 e. The van der Waals surface area contributed by atoms with Gasteiger partial charge in [0, 0.05) is 22.8 Å². The van der Waals surface area contributed by atoms with E-state index in [1.807, 2.05) is 65.3 Å². The number of nitro benzene ring substituents is 1. The third kappa shape index (κ3) is 3.45. The van der Waals surface area contributed by atoms with Gasteiger partial charge in [0.15, 0.2) is 0 Å². The highest BCUT2D eigenvalue weighted by Gasteiger charge is 2.14. The second-order valence-corrected chi connectivity index (χ2v) is 6.40. The van der Waals surface area contributed by atoms with E-state index in [2.05, 4.69) is 4.98 Å². The van der Waals surface area contributed by atoms with Crippen LogP contribution in [0, 0.1) is 10.1 Å². The Kier molecular flexibility index (Phi) is 4.44. The third-order valence-electron chi connectivity index (χ3n) is 4.17. The van der Waals surface area contributed by atoms with E-state index in [1.54, 1.807) is 12.1 Å². The number of fused-ring (bicyclic) bond motifs is 1. The number of hydrogen-bond acceptors (Lipinski definition) is 3. The van der Waals surface area contributed by atoms with E-state index in [0.717, 1.165) is 16.8 Å². The van der Waals surface area contributed by atoms with Gasteiger partial charge in [0.05, 0.1) is 16.0 Å². The summed E-state index contributed by atoms with van der Waals surface area (Å²) in [6.45, 7) is 0. The average molecular weight is 376 g/mol. The minimum atomic E-state index is -0.419. The van der Waals surface area contributed by atoms with Crippen molar-refractivity contribution in [2.45, 2.75) is 0 Å². The molecule has 0 N–H and O–H groups in total. The maximum atomic E-state index is 11.1. The molecule has 0 atom stereocenters. The quantitative estimate of drug-likeness (QED) is 0.336. The van der Waals surface area contributed by atoms with Gasteiger partial charge in [-0.2, -0.15) is 0 Å². The lowest BCUT2D eigenvalue weighted by atomic mass is 10.2. The zero-order valence-electron chi connectivity index (χ0n) is 14.1. The summed E-state index contributed by atoms with van der Waals surface area (Å²) in [5.41, 5.74) is 3.21. The van der Waals surface area contributed by atoms with Crippen molar-refractivity contribution in [1.29, 1.82) is 0 Å². The summed E-state index contributed by atoms with van der Waals surface area (Å²) in [5, 5.41) is 11.7. The van der Waals surface area contributed by atoms with Gasteiger partial charge in [-0.15, -0.1) is 0 Å². The van der Waals surface area contributed by atoms with Gasteiger partial charge in [-0.1, -0.05) is 54.1 Å². The predicted octanol–water partition coefficient (Wildman–Crippen LogP) is 5.76. The van der Waals surface area contributed by atoms with Crippen LogP contribution < -0.4 is 0 Å². The van der Waals surface area contributed by atoms with E-state index in [4.69, 9.17) is 11.6 Å². The van der Waals surface area contributed by atoms with Crippen LogP contribution in [-0.4, -0.2) is 14.5 Å². The first-order valence-electron chi connectivity index (χ1n) is 8.28. The second kappa shape index (κ2) is 7.05. The molecule has 0 aliphatic heterocycles. The number of rotatable bonds is 4. The van der Waals surface area contributed by atoms with Crippen molar-refractivity contribution >= 4 is 40.5 Å². The lowest BCUT2D eigenvalue weighted by Crippen LogP contribution is -1.97. The summed E-state index contributed by atoms with van der Waals surface area (Å²) < 4.78 is 1.93. The number of imidazole rings is 1. The van der Waals surface area contributed by atoms with Gasteiger partial charge in [-0.3, -0.25) is 14.7 Å². The van der Waals surface area contributed by atoms with Crippen molar-refractivity contribution in [3.05, 3.63) is 99.3 Å². The first-order chi connectivity index (χ1) is 13.1. The zero-order chi connectivity index (χ0) is 18.8. The van der Waals surface area contributed by atoms with Crippen LogP contribution in [0.5, 0.6) is 0 Å². The number of non-ortho nitro benzene ring substituents is 1. The van der Waals surface area contributed by atoms with Crippen molar-refractivity contribution in [1.82, 2.24) is 9.55 Å². The van der Waals surface area contributed by atoms with Crippen LogP contribution in [-0.2, 0) is 0 Å². The number of aromatic nitrogens is 2. The molecule has 4 aromatic rings. The molecule has 0 aliphatic rings. The molecule has 0 bridgehead atoms. The normalized spacial score (nSPS) is 11.3. The molecule has 132 valence electrons. The molecule has 0 amide bonds. The number of nitro groups is 1. The third-order valence-corrected chi connectivity index (χ3v) is 4.40. The minimum absolute atomic E-state index is 0.0110. The van der Waals surface area contributed by atoms with Gasteiger partial charge < -0.3 is 0 Å². The Morgan fingerprint density at radius 1 is 0.963 bits per heavy atom. The van der Waals surface area contributed by atoms with Gasteiger partial charge in [-0.25, -0.2) is 4.98 Å². The van der Waals surface area contributed by atoms with Crippen molar-refractivity contribution in [2.75, 3.05) is 0 Å². The molecule has 0 saturated heterocycles. The van der Waals surface area contributed by atoms with Crippen molar-refractivity contribution in [3.8, 4) is 5.69 Å². The molecule has 1 heterocycles. The molecule has 6 heteroatoms. The standard InChI is InChI=1S/C21H14ClN3O2/c22-16-7-4-8-17(13-16)24-20-11-10-18(25(26)27)14-19(20)23-21(24)12-9-15-5-2-1-3-6-15/h1-14H. The maximum Gasteiger partial charge on any atom is 0.271 e. The Bertz CT molecular complexity index is 1170. The van der Waals surface area contributed by atoms with Crippen LogP contribution in [0.1, 0.15) is 11.4 Å². The van der Waals surface area contributed by atoms with Crippen LogP contribution in [0.4, 0.5) is 5.69 Å². The van der Waals surface area contributed by atoms with Crippen molar-refractivity contribution < 1.29 is 4.92 Å². The predicted molar refractivity (Wildman–Crippen MR) is 108 cm³/mol. The molecular weight excluding hydrogens is 362 g/mol. The fourth-order valence-corrected chi connectivity index (χ4v) is 3.12. The molecule has 27 heavy (non-hydrogen) atoms. The van der Waals surface area contributed by atoms with Gasteiger partial charge in [0.1, 0.15) is 5.82 Å². The highest BCUT2D eigenvalue weighted by Crippen LogP contribution is 2.27. The van der Waals surface area contributed by atoms with Gasteiger partial charge in [0.25, 0.3) is 5.69 Å². The highest BCUT2D eigenvalue weighted by molar-refractivity contribution is 6.30. The zero-order valence-corrected chi connectivity index (χ0v) is 14.9. The summed E-state index contributed by atoms with van der Waals surface area (Å²) in [5.74, 6) is 0.664. The summed E-state index contributed by atoms with van der Waals surface area (Å²) >= 11 is 6.16. The first kappa shape index (κ1) is 17.0. The molecule has 4 rings (SSSR count). The van der Waals surface area contributed by atoms with E-state index in [9.17, 15) is 10.1 Å². The lowest BCUT2D eigenvalue weighted by molar-refractivity contribution is -0.384. The van der Waals surface area contributed by atoms with Crippen LogP contribution in [0.2, 0.25) is 5.02 Å². The molecule has 1 aromatic heterocycles. The fourth-order valence-electron chi connectivity index (χ4n) is 2.93. The van der Waals surface area contributed by atoms with E-state index in [1.165, 1.54) is 12.1 Å². The maximum absolute atomic E-state index is 11.1. The SMILES string of the molecule is O=[N+]([O-])c1ccc2c(c1)nc(C=Cc1ccccc1)n2-c1cccc(Cl)c1. The first-order valence-corrected chi connectivity index (χ1v) is 8.65. The fraction of sp³-hybridized carbons (Fsp3) is 0. The van der Waals surface area contributed by atoms with Crippen molar-refractivity contribution in [3.63, 3.8) is 0 Å². The Morgan fingerprint density at radius 2 is 1.78 bits per heavy atom. The largest absolute Gasteiger partial charge is 0.293 e. The van der Waals surface area contributed by atoms with Gasteiger partial charge >= 0.3 is 0 Å². The number of halogens is 1. The molecule has 0 spiro atoms. The Hall–Kier alpha value is -3.44. The summed E-state index contributed by atoms with van der Waals surface area (Å²) in [6, 6.07) is 22.0. The van der Waals surface area contributed by atoms with E-state index < -0.39 is 4.92 Å². The van der Waals surface area contributed by atoms with Gasteiger partial charge in [0.2, 0.25) is 0 Å². The average Bonchev–Trinajstić information content (AvgIpc) is 3.04. The molecule has 0 fully saturated rings. The molecule has 0 radical (unpaired) electrons. The Balaban J connectivity index is 1.91. The molecule has 0 unspecified atom stereocenters. The Labute approximate surface area is 160 Å². The molecule has 5 nitrogen and oxygen atoms in total. The molecule has 0 aliphatic carbocycles. The number of nitrogens with zero attached hydrogens (tertiary/aromatic N) is 3. The van der Waals surface area contributed by atoms with Crippen LogP contribution in [0.15, 0.2) is 72.8 Å². The van der Waals surface area contributed by atoms with E-state index >= 15 is 0 Å². The van der Waals surface area contributed by atoms with Crippen molar-refractivity contribution in [2.24, 2.45) is 0 Å². The molecule has 0 saturated carbocycles. The van der Waals surface area contributed by atoms with Crippen LogP contribution >= 0.6 is 11.6 Å². The summed E-state index contributed by atoms with van der Waals surface area (Å²) in [6.07, 6.45) is 3.85. The summed E-state index contributed by atoms with van der Waals surface area (Å²) in [4.78, 5) is 15.3. The topological polar surface area (TPSA) is 61.0 Å². The Morgan fingerprint density at radius 3 is 2.52 bits per heavy atom. The minimum Gasteiger partial charge on any atom is -0.293 e. The molecule has 3 aromatic carbocycles. The monoisotopic (exact) mass is 375 g/mol. The molecular formula is C21H14ClN3O2. The highest BCUT2D eigenvalue weighted by atomic mass is 35.5.